The van der Waals surface area contributed by atoms with Crippen LogP contribution in [-0.4, -0.2) is 18.0 Å². The Balaban J connectivity index is 2.27. The molecule has 4 nitrogen and oxygen atoms in total. The number of ether oxygens (including phenoxy) is 1. The average Bonchev–Trinajstić information content (AvgIpc) is 2.80. The van der Waals surface area contributed by atoms with E-state index >= 15 is 0 Å². The molecule has 5 heteroatoms. The lowest BCUT2D eigenvalue weighted by Gasteiger charge is -2.11. The molecule has 1 amide bonds. The number of aromatic nitrogens is 1. The number of nitrogens with one attached hydrogen (secondary N) is 1. The molecule has 1 aliphatic heterocycles. The average molecular weight is 258 g/mol. The lowest BCUT2D eigenvalue weighted by molar-refractivity contribution is 0.0965. The summed E-state index contributed by atoms with van der Waals surface area (Å²) < 4.78 is 19.2. The Labute approximate surface area is 109 Å². The van der Waals surface area contributed by atoms with Crippen LogP contribution in [0.4, 0.5) is 4.39 Å². The molecule has 19 heavy (non-hydrogen) atoms. The van der Waals surface area contributed by atoms with Crippen LogP contribution >= 0.6 is 0 Å². The zero-order chi connectivity index (χ0) is 13.4. The van der Waals surface area contributed by atoms with Gasteiger partial charge in [-0.15, -0.1) is 0 Å². The van der Waals surface area contributed by atoms with E-state index in [2.05, 4.69) is 10.3 Å². The SMILES string of the molecule is COc1cccc(F)c1-c1nccc2c1CNC2=O. The highest BCUT2D eigenvalue weighted by Crippen LogP contribution is 2.35. The van der Waals surface area contributed by atoms with Crippen molar-refractivity contribution >= 4 is 5.91 Å². The molecule has 0 unspecified atom stereocenters. The summed E-state index contributed by atoms with van der Waals surface area (Å²) in [4.78, 5) is 15.8. The van der Waals surface area contributed by atoms with Gasteiger partial charge >= 0.3 is 0 Å². The number of benzene rings is 1. The van der Waals surface area contributed by atoms with E-state index in [1.807, 2.05) is 0 Å². The minimum atomic E-state index is -0.417. The van der Waals surface area contributed by atoms with Crippen molar-refractivity contribution in [2.24, 2.45) is 0 Å². The van der Waals surface area contributed by atoms with Crippen LogP contribution in [-0.2, 0) is 6.54 Å². The minimum Gasteiger partial charge on any atom is -0.496 e. The van der Waals surface area contributed by atoms with Crippen LogP contribution in [0.25, 0.3) is 11.3 Å². The first-order valence-electron chi connectivity index (χ1n) is 5.81. The van der Waals surface area contributed by atoms with Gasteiger partial charge < -0.3 is 10.1 Å². The van der Waals surface area contributed by atoms with Crippen LogP contribution in [0.15, 0.2) is 30.5 Å². The molecule has 0 bridgehead atoms. The summed E-state index contributed by atoms with van der Waals surface area (Å²) in [5, 5.41) is 2.71. The number of amides is 1. The third kappa shape index (κ3) is 1.74. The molecule has 0 saturated heterocycles. The molecule has 0 aliphatic carbocycles. The molecule has 1 aromatic carbocycles. The Morgan fingerprint density at radius 1 is 1.37 bits per heavy atom. The highest BCUT2D eigenvalue weighted by Gasteiger charge is 2.25. The second kappa shape index (κ2) is 4.35. The first kappa shape index (κ1) is 11.6. The van der Waals surface area contributed by atoms with Gasteiger partial charge in [0.1, 0.15) is 11.6 Å². The molecule has 0 saturated carbocycles. The predicted octanol–water partition coefficient (Wildman–Crippen LogP) is 2.14. The van der Waals surface area contributed by atoms with Gasteiger partial charge in [0.2, 0.25) is 0 Å². The number of carbonyl (C=O) groups excluding carboxylic acids is 1. The quantitative estimate of drug-likeness (QED) is 0.897. The Morgan fingerprint density at radius 2 is 2.21 bits per heavy atom. The summed E-state index contributed by atoms with van der Waals surface area (Å²) in [6, 6.07) is 6.23. The number of hydrogen-bond donors (Lipinski definition) is 1. The maximum atomic E-state index is 14.1. The predicted molar refractivity (Wildman–Crippen MR) is 67.4 cm³/mol. The fourth-order valence-corrected chi connectivity index (χ4v) is 2.27. The highest BCUT2D eigenvalue weighted by atomic mass is 19.1. The van der Waals surface area contributed by atoms with Gasteiger partial charge in [0.25, 0.3) is 5.91 Å². The molecule has 2 aromatic rings. The molecule has 2 heterocycles. The van der Waals surface area contributed by atoms with Gasteiger partial charge in [-0.25, -0.2) is 4.39 Å². The summed E-state index contributed by atoms with van der Waals surface area (Å²) in [6.07, 6.45) is 1.50. The van der Waals surface area contributed by atoms with Gasteiger partial charge in [-0.2, -0.15) is 0 Å². The van der Waals surface area contributed by atoms with Crippen LogP contribution in [0.1, 0.15) is 15.9 Å². The summed E-state index contributed by atoms with van der Waals surface area (Å²) >= 11 is 0. The van der Waals surface area contributed by atoms with Crippen LogP contribution in [0.3, 0.4) is 0 Å². The molecule has 3 rings (SSSR count). The van der Waals surface area contributed by atoms with E-state index in [-0.39, 0.29) is 5.91 Å². The normalized spacial score (nSPS) is 13.1. The summed E-state index contributed by atoms with van der Waals surface area (Å²) in [5.41, 5.74) is 1.98. The van der Waals surface area contributed by atoms with E-state index < -0.39 is 5.82 Å². The smallest absolute Gasteiger partial charge is 0.252 e. The van der Waals surface area contributed by atoms with Gasteiger partial charge in [0.05, 0.1) is 18.4 Å². The van der Waals surface area contributed by atoms with Crippen molar-refractivity contribution in [3.63, 3.8) is 0 Å². The van der Waals surface area contributed by atoms with E-state index in [0.29, 0.717) is 34.7 Å². The third-order valence-electron chi connectivity index (χ3n) is 3.16. The Morgan fingerprint density at radius 3 is 3.00 bits per heavy atom. The van der Waals surface area contributed by atoms with Crippen molar-refractivity contribution in [2.75, 3.05) is 7.11 Å². The summed E-state index contributed by atoms with van der Waals surface area (Å²) in [5.74, 6) is -0.172. The second-order valence-corrected chi connectivity index (χ2v) is 4.19. The van der Waals surface area contributed by atoms with Crippen molar-refractivity contribution in [3.05, 3.63) is 47.4 Å². The lowest BCUT2D eigenvalue weighted by atomic mass is 10.0. The summed E-state index contributed by atoms with van der Waals surface area (Å²) in [6.45, 7) is 0.356. The zero-order valence-electron chi connectivity index (χ0n) is 10.2. The molecule has 1 aliphatic rings. The lowest BCUT2D eigenvalue weighted by Crippen LogP contribution is -2.12. The zero-order valence-corrected chi connectivity index (χ0v) is 10.2. The first-order valence-corrected chi connectivity index (χ1v) is 5.81. The fourth-order valence-electron chi connectivity index (χ4n) is 2.27. The van der Waals surface area contributed by atoms with Crippen molar-refractivity contribution < 1.29 is 13.9 Å². The van der Waals surface area contributed by atoms with Gasteiger partial charge in [-0.05, 0) is 18.2 Å². The molecule has 0 atom stereocenters. The summed E-state index contributed by atoms with van der Waals surface area (Å²) in [7, 11) is 1.48. The molecule has 0 fully saturated rings. The Hall–Kier alpha value is -2.43. The number of methoxy groups -OCH3 is 1. The molecule has 1 aromatic heterocycles. The van der Waals surface area contributed by atoms with E-state index in [4.69, 9.17) is 4.74 Å². The molecule has 1 N–H and O–H groups in total. The second-order valence-electron chi connectivity index (χ2n) is 4.19. The topological polar surface area (TPSA) is 51.2 Å². The number of nitrogens with zero attached hydrogens (tertiary/aromatic N) is 1. The van der Waals surface area contributed by atoms with Gasteiger partial charge in [0.15, 0.2) is 0 Å². The fraction of sp³-hybridized carbons (Fsp3) is 0.143. The van der Waals surface area contributed by atoms with Crippen molar-refractivity contribution in [3.8, 4) is 17.0 Å². The number of fused-ring (bicyclic) bond motifs is 1. The number of pyridine rings is 1. The van der Waals surface area contributed by atoms with Gasteiger partial charge in [-0.3, -0.25) is 9.78 Å². The molecule has 0 spiro atoms. The number of halogens is 1. The Bertz CT molecular complexity index is 670. The minimum absolute atomic E-state index is 0.158. The first-order chi connectivity index (χ1) is 9.22. The monoisotopic (exact) mass is 258 g/mol. The molecular formula is C14H11FN2O2. The van der Waals surface area contributed by atoms with Crippen molar-refractivity contribution in [2.45, 2.75) is 6.54 Å². The Kier molecular flexibility index (Phi) is 2.67. The van der Waals surface area contributed by atoms with Crippen molar-refractivity contribution in [1.29, 1.82) is 0 Å². The standard InChI is InChI=1S/C14H11FN2O2/c1-19-11-4-2-3-10(15)12(11)13-9-7-17-14(18)8(9)5-6-16-13/h2-6H,7H2,1H3,(H,17,18). The molecular weight excluding hydrogens is 247 g/mol. The van der Waals surface area contributed by atoms with Crippen LogP contribution in [0, 0.1) is 5.82 Å². The van der Waals surface area contributed by atoms with Crippen LogP contribution in [0.2, 0.25) is 0 Å². The van der Waals surface area contributed by atoms with Gasteiger partial charge in [-0.1, -0.05) is 6.07 Å². The highest BCUT2D eigenvalue weighted by molar-refractivity contribution is 6.00. The van der Waals surface area contributed by atoms with Crippen LogP contribution in [0.5, 0.6) is 5.75 Å². The maximum Gasteiger partial charge on any atom is 0.252 e. The van der Waals surface area contributed by atoms with Gasteiger partial charge in [0, 0.05) is 23.9 Å². The third-order valence-corrected chi connectivity index (χ3v) is 3.16. The molecule has 0 radical (unpaired) electrons. The molecule has 96 valence electrons. The maximum absolute atomic E-state index is 14.1. The number of hydrogen-bond acceptors (Lipinski definition) is 3. The number of carbonyl (C=O) groups is 1. The van der Waals surface area contributed by atoms with E-state index in [1.165, 1.54) is 19.4 Å². The largest absolute Gasteiger partial charge is 0.496 e. The number of rotatable bonds is 2. The van der Waals surface area contributed by atoms with E-state index in [0.717, 1.165) is 0 Å². The van der Waals surface area contributed by atoms with Crippen molar-refractivity contribution in [1.82, 2.24) is 10.3 Å². The van der Waals surface area contributed by atoms with Crippen LogP contribution < -0.4 is 10.1 Å². The van der Waals surface area contributed by atoms with E-state index in [9.17, 15) is 9.18 Å². The van der Waals surface area contributed by atoms with E-state index in [1.54, 1.807) is 18.2 Å².